The molecule has 1 rings (SSSR count). The topological polar surface area (TPSA) is 30.0 Å². The first-order valence-electron chi connectivity index (χ1n) is 4.09. The lowest BCUT2D eigenvalue weighted by atomic mass is 10.0. The summed E-state index contributed by atoms with van der Waals surface area (Å²) >= 11 is 0. The van der Waals surface area contributed by atoms with Crippen molar-refractivity contribution < 1.29 is 4.79 Å². The van der Waals surface area contributed by atoms with Crippen molar-refractivity contribution in [2.24, 2.45) is 5.92 Å². The quantitative estimate of drug-likeness (QED) is 0.635. The first-order valence-corrected chi connectivity index (χ1v) is 4.09. The molecule has 0 aliphatic rings. The Hall–Kier alpha value is -1.18. The molecule has 0 amide bonds. The van der Waals surface area contributed by atoms with Crippen LogP contribution in [0.25, 0.3) is 0 Å². The molecule has 1 aromatic heterocycles. The van der Waals surface area contributed by atoms with Gasteiger partial charge in [-0.2, -0.15) is 0 Å². The summed E-state index contributed by atoms with van der Waals surface area (Å²) in [7, 11) is 0. The van der Waals surface area contributed by atoms with E-state index in [1.807, 2.05) is 26.1 Å². The highest BCUT2D eigenvalue weighted by Crippen LogP contribution is 2.09. The molecule has 1 aromatic rings. The molecule has 1 unspecified atom stereocenters. The molecule has 2 nitrogen and oxygen atoms in total. The molecule has 0 aliphatic carbocycles. The normalized spacial score (nSPS) is 12.5. The Bertz CT molecular complexity index is 270. The van der Waals surface area contributed by atoms with Gasteiger partial charge in [-0.25, -0.2) is 0 Å². The van der Waals surface area contributed by atoms with Gasteiger partial charge in [0.1, 0.15) is 6.29 Å². The summed E-state index contributed by atoms with van der Waals surface area (Å²) in [6, 6.07) is 1.97. The summed E-state index contributed by atoms with van der Waals surface area (Å²) in [6.45, 7) is 3.95. The van der Waals surface area contributed by atoms with E-state index < -0.39 is 0 Å². The molecule has 0 saturated carbocycles. The van der Waals surface area contributed by atoms with Gasteiger partial charge in [0.2, 0.25) is 0 Å². The molecule has 0 radical (unpaired) electrons. The molecule has 0 aromatic carbocycles. The Morgan fingerprint density at radius 1 is 1.67 bits per heavy atom. The summed E-state index contributed by atoms with van der Waals surface area (Å²) in [5.74, 6) is 0.0906. The highest BCUT2D eigenvalue weighted by atomic mass is 16.1. The van der Waals surface area contributed by atoms with Crippen LogP contribution in [0.4, 0.5) is 0 Å². The van der Waals surface area contributed by atoms with Gasteiger partial charge >= 0.3 is 0 Å². The molecule has 0 N–H and O–H groups in total. The number of rotatable bonds is 3. The lowest BCUT2D eigenvalue weighted by Crippen LogP contribution is -2.02. The molecular weight excluding hydrogens is 150 g/mol. The van der Waals surface area contributed by atoms with Crippen LogP contribution in [0, 0.1) is 12.8 Å². The van der Waals surface area contributed by atoms with E-state index in [0.29, 0.717) is 0 Å². The number of pyridine rings is 1. The van der Waals surface area contributed by atoms with Gasteiger partial charge in [0.15, 0.2) is 0 Å². The minimum atomic E-state index is 0.0906. The van der Waals surface area contributed by atoms with Crippen molar-refractivity contribution >= 4 is 6.29 Å². The lowest BCUT2D eigenvalue weighted by Gasteiger charge is -2.05. The molecule has 1 atom stereocenters. The van der Waals surface area contributed by atoms with Crippen molar-refractivity contribution in [1.82, 2.24) is 4.98 Å². The predicted molar refractivity (Wildman–Crippen MR) is 47.9 cm³/mol. The molecule has 0 fully saturated rings. The van der Waals surface area contributed by atoms with E-state index in [1.54, 1.807) is 6.20 Å². The number of hydrogen-bond acceptors (Lipinski definition) is 2. The first-order chi connectivity index (χ1) is 5.74. The van der Waals surface area contributed by atoms with Crippen LogP contribution >= 0.6 is 0 Å². The van der Waals surface area contributed by atoms with Gasteiger partial charge in [-0.15, -0.1) is 0 Å². The zero-order valence-corrected chi connectivity index (χ0v) is 7.45. The van der Waals surface area contributed by atoms with Crippen LogP contribution < -0.4 is 0 Å². The van der Waals surface area contributed by atoms with E-state index in [-0.39, 0.29) is 5.92 Å². The fourth-order valence-corrected chi connectivity index (χ4v) is 1.11. The largest absolute Gasteiger partial charge is 0.303 e. The fourth-order valence-electron chi connectivity index (χ4n) is 1.11. The molecule has 12 heavy (non-hydrogen) atoms. The minimum Gasteiger partial charge on any atom is -0.303 e. The average molecular weight is 163 g/mol. The zero-order chi connectivity index (χ0) is 8.97. The highest BCUT2D eigenvalue weighted by molar-refractivity contribution is 5.53. The maximum absolute atomic E-state index is 10.4. The van der Waals surface area contributed by atoms with Gasteiger partial charge in [-0.3, -0.25) is 4.98 Å². The predicted octanol–water partition coefficient (Wildman–Crippen LogP) is 1.77. The number of carbonyl (C=O) groups excluding carboxylic acids is 1. The number of hydrogen-bond donors (Lipinski definition) is 0. The molecular formula is C10H13NO. The van der Waals surface area contributed by atoms with Crippen molar-refractivity contribution in [2.75, 3.05) is 0 Å². The van der Waals surface area contributed by atoms with Crippen LogP contribution in [0.2, 0.25) is 0 Å². The van der Waals surface area contributed by atoms with Crippen LogP contribution in [-0.2, 0) is 11.2 Å². The average Bonchev–Trinajstić information content (AvgIpc) is 2.09. The Morgan fingerprint density at radius 3 is 3.00 bits per heavy atom. The van der Waals surface area contributed by atoms with Gasteiger partial charge in [0.05, 0.1) is 0 Å². The van der Waals surface area contributed by atoms with Crippen LogP contribution in [0.5, 0.6) is 0 Å². The van der Waals surface area contributed by atoms with E-state index in [1.165, 1.54) is 5.56 Å². The van der Waals surface area contributed by atoms with Crippen molar-refractivity contribution in [1.29, 1.82) is 0 Å². The maximum atomic E-state index is 10.4. The SMILES string of the molecule is Cc1ccncc1CC(C)C=O. The Morgan fingerprint density at radius 2 is 2.42 bits per heavy atom. The Labute approximate surface area is 72.6 Å². The standard InChI is InChI=1S/C10H13NO/c1-8(7-12)5-10-6-11-4-3-9(10)2/h3-4,6-8H,5H2,1-2H3. The van der Waals surface area contributed by atoms with E-state index in [0.717, 1.165) is 18.3 Å². The third kappa shape index (κ3) is 2.16. The zero-order valence-electron chi connectivity index (χ0n) is 7.45. The monoisotopic (exact) mass is 163 g/mol. The van der Waals surface area contributed by atoms with Gasteiger partial charge in [0, 0.05) is 18.3 Å². The molecule has 0 bridgehead atoms. The molecule has 0 saturated heterocycles. The molecule has 0 aliphatic heterocycles. The smallest absolute Gasteiger partial charge is 0.123 e. The van der Waals surface area contributed by atoms with Crippen molar-refractivity contribution in [3.63, 3.8) is 0 Å². The molecule has 1 heterocycles. The van der Waals surface area contributed by atoms with Crippen LogP contribution in [0.3, 0.4) is 0 Å². The first kappa shape index (κ1) is 8.91. The van der Waals surface area contributed by atoms with E-state index in [9.17, 15) is 4.79 Å². The minimum absolute atomic E-state index is 0.0906. The number of nitrogens with zero attached hydrogens (tertiary/aromatic N) is 1. The highest BCUT2D eigenvalue weighted by Gasteiger charge is 2.03. The van der Waals surface area contributed by atoms with E-state index in [4.69, 9.17) is 0 Å². The van der Waals surface area contributed by atoms with Gasteiger partial charge in [0.25, 0.3) is 0 Å². The number of carbonyl (C=O) groups is 1. The third-order valence-electron chi connectivity index (χ3n) is 1.92. The summed E-state index contributed by atoms with van der Waals surface area (Å²) < 4.78 is 0. The van der Waals surface area contributed by atoms with Crippen molar-refractivity contribution in [3.05, 3.63) is 29.6 Å². The summed E-state index contributed by atoms with van der Waals surface area (Å²) in [5, 5.41) is 0. The second-order valence-electron chi connectivity index (χ2n) is 3.12. The second kappa shape index (κ2) is 4.00. The third-order valence-corrected chi connectivity index (χ3v) is 1.92. The van der Waals surface area contributed by atoms with Gasteiger partial charge in [-0.1, -0.05) is 6.92 Å². The van der Waals surface area contributed by atoms with Crippen LogP contribution in [0.15, 0.2) is 18.5 Å². The van der Waals surface area contributed by atoms with Crippen LogP contribution in [-0.4, -0.2) is 11.3 Å². The fraction of sp³-hybridized carbons (Fsp3) is 0.400. The molecule has 64 valence electrons. The van der Waals surface area contributed by atoms with Crippen LogP contribution in [0.1, 0.15) is 18.1 Å². The van der Waals surface area contributed by atoms with E-state index in [2.05, 4.69) is 4.98 Å². The Balaban J connectivity index is 2.75. The summed E-state index contributed by atoms with van der Waals surface area (Å²) in [6.07, 6.45) is 5.37. The van der Waals surface area contributed by atoms with E-state index >= 15 is 0 Å². The number of aryl methyl sites for hydroxylation is 1. The second-order valence-corrected chi connectivity index (χ2v) is 3.12. The summed E-state index contributed by atoms with van der Waals surface area (Å²) in [5.41, 5.74) is 2.37. The molecule has 0 spiro atoms. The Kier molecular flexibility index (Phi) is 2.97. The number of aromatic nitrogens is 1. The van der Waals surface area contributed by atoms with Crippen molar-refractivity contribution in [2.45, 2.75) is 20.3 Å². The number of aldehydes is 1. The van der Waals surface area contributed by atoms with Gasteiger partial charge in [-0.05, 0) is 30.5 Å². The maximum Gasteiger partial charge on any atom is 0.123 e. The van der Waals surface area contributed by atoms with Gasteiger partial charge < -0.3 is 4.79 Å². The molecule has 2 heteroatoms. The van der Waals surface area contributed by atoms with Crippen molar-refractivity contribution in [3.8, 4) is 0 Å². The lowest BCUT2D eigenvalue weighted by molar-refractivity contribution is -0.110. The summed E-state index contributed by atoms with van der Waals surface area (Å²) in [4.78, 5) is 14.4.